The lowest BCUT2D eigenvalue weighted by Crippen LogP contribution is -2.37. The Morgan fingerprint density at radius 2 is 2.10 bits per heavy atom. The van der Waals surface area contributed by atoms with E-state index in [0.29, 0.717) is 12.0 Å². The first-order valence-corrected chi connectivity index (χ1v) is 7.75. The maximum absolute atomic E-state index is 9.40. The number of nitrogens with one attached hydrogen (secondary N) is 1. The van der Waals surface area contributed by atoms with E-state index in [2.05, 4.69) is 37.2 Å². The third-order valence-electron chi connectivity index (χ3n) is 3.90. The van der Waals surface area contributed by atoms with Gasteiger partial charge in [0.2, 0.25) is 0 Å². The molecule has 1 aliphatic rings. The molecule has 2 N–H and O–H groups in total. The molecule has 0 bridgehead atoms. The lowest BCUT2D eigenvalue weighted by molar-refractivity contribution is 0.0464. The van der Waals surface area contributed by atoms with E-state index >= 15 is 0 Å². The van der Waals surface area contributed by atoms with E-state index in [-0.39, 0.29) is 6.10 Å². The minimum atomic E-state index is -0.0956. The monoisotopic (exact) mass is 296 g/mol. The number of hydrogen-bond acceptors (Lipinski definition) is 3. The van der Waals surface area contributed by atoms with Crippen molar-refractivity contribution >= 4 is 17.3 Å². The zero-order valence-corrected chi connectivity index (χ0v) is 13.3. The SMILES string of the molecule is CC(C)NCc1cccc(Cl)c1N(C)CC1CC(O)C1. The minimum absolute atomic E-state index is 0.0956. The van der Waals surface area contributed by atoms with Crippen LogP contribution in [0.25, 0.3) is 0 Å². The molecule has 1 aromatic rings. The predicted molar refractivity (Wildman–Crippen MR) is 85.4 cm³/mol. The Morgan fingerprint density at radius 1 is 1.40 bits per heavy atom. The number of para-hydroxylation sites is 1. The fraction of sp³-hybridized carbons (Fsp3) is 0.625. The second-order valence-electron chi connectivity index (χ2n) is 6.15. The summed E-state index contributed by atoms with van der Waals surface area (Å²) in [7, 11) is 2.09. The summed E-state index contributed by atoms with van der Waals surface area (Å²) < 4.78 is 0. The van der Waals surface area contributed by atoms with E-state index in [1.54, 1.807) is 0 Å². The Kier molecular flexibility index (Phi) is 5.30. The summed E-state index contributed by atoms with van der Waals surface area (Å²) in [6, 6.07) is 6.53. The van der Waals surface area contributed by atoms with Crippen molar-refractivity contribution in [3.05, 3.63) is 28.8 Å². The van der Waals surface area contributed by atoms with E-state index in [4.69, 9.17) is 11.6 Å². The van der Waals surface area contributed by atoms with Gasteiger partial charge in [0.25, 0.3) is 0 Å². The molecular weight excluding hydrogens is 272 g/mol. The summed E-state index contributed by atoms with van der Waals surface area (Å²) in [5, 5.41) is 13.7. The number of hydrogen-bond donors (Lipinski definition) is 2. The van der Waals surface area contributed by atoms with Gasteiger partial charge in [0, 0.05) is 26.2 Å². The molecule has 1 aliphatic carbocycles. The van der Waals surface area contributed by atoms with Gasteiger partial charge in [-0.2, -0.15) is 0 Å². The highest BCUT2D eigenvalue weighted by atomic mass is 35.5. The molecule has 4 heteroatoms. The van der Waals surface area contributed by atoms with Crippen molar-refractivity contribution in [2.45, 2.75) is 45.4 Å². The summed E-state index contributed by atoms with van der Waals surface area (Å²) in [6.07, 6.45) is 1.73. The van der Waals surface area contributed by atoms with Crippen LogP contribution in [0.2, 0.25) is 5.02 Å². The van der Waals surface area contributed by atoms with Crippen LogP contribution in [0.3, 0.4) is 0 Å². The average molecular weight is 297 g/mol. The standard InChI is InChI=1S/C16H25ClN2O/c1-11(2)18-9-13-5-4-6-15(17)16(13)19(3)10-12-7-14(20)8-12/h4-6,11-12,14,18,20H,7-10H2,1-3H3. The lowest BCUT2D eigenvalue weighted by atomic mass is 9.82. The third kappa shape index (κ3) is 3.87. The molecule has 20 heavy (non-hydrogen) atoms. The van der Waals surface area contributed by atoms with Crippen LogP contribution in [0.5, 0.6) is 0 Å². The number of aliphatic hydroxyl groups excluding tert-OH is 1. The van der Waals surface area contributed by atoms with Crippen molar-refractivity contribution in [2.24, 2.45) is 5.92 Å². The molecule has 0 atom stereocenters. The van der Waals surface area contributed by atoms with E-state index in [1.807, 2.05) is 12.1 Å². The topological polar surface area (TPSA) is 35.5 Å². The van der Waals surface area contributed by atoms with Gasteiger partial charge in [-0.15, -0.1) is 0 Å². The summed E-state index contributed by atoms with van der Waals surface area (Å²) >= 11 is 6.39. The van der Waals surface area contributed by atoms with Gasteiger partial charge in [0.05, 0.1) is 16.8 Å². The summed E-state index contributed by atoms with van der Waals surface area (Å²) in [4.78, 5) is 2.23. The molecule has 1 aromatic carbocycles. The van der Waals surface area contributed by atoms with Crippen molar-refractivity contribution in [3.8, 4) is 0 Å². The molecule has 3 nitrogen and oxygen atoms in total. The number of anilines is 1. The Labute approximate surface area is 126 Å². The van der Waals surface area contributed by atoms with Crippen LogP contribution in [0.4, 0.5) is 5.69 Å². The lowest BCUT2D eigenvalue weighted by Gasteiger charge is -2.36. The van der Waals surface area contributed by atoms with Crippen LogP contribution in [-0.2, 0) is 6.54 Å². The number of rotatable bonds is 6. The summed E-state index contributed by atoms with van der Waals surface area (Å²) in [5.74, 6) is 0.581. The smallest absolute Gasteiger partial charge is 0.0642 e. The van der Waals surface area contributed by atoms with Crippen LogP contribution in [0.1, 0.15) is 32.3 Å². The van der Waals surface area contributed by atoms with Gasteiger partial charge in [-0.25, -0.2) is 0 Å². The van der Waals surface area contributed by atoms with E-state index < -0.39 is 0 Å². The Morgan fingerprint density at radius 3 is 2.70 bits per heavy atom. The van der Waals surface area contributed by atoms with Gasteiger partial charge in [-0.3, -0.25) is 0 Å². The molecule has 0 saturated heterocycles. The largest absolute Gasteiger partial charge is 0.393 e. The highest BCUT2D eigenvalue weighted by Gasteiger charge is 2.28. The van der Waals surface area contributed by atoms with E-state index in [9.17, 15) is 5.11 Å². The molecule has 0 aromatic heterocycles. The van der Waals surface area contributed by atoms with Gasteiger partial charge in [0.1, 0.15) is 0 Å². The number of halogens is 1. The van der Waals surface area contributed by atoms with Gasteiger partial charge < -0.3 is 15.3 Å². The molecule has 0 heterocycles. The predicted octanol–water partition coefficient (Wildman–Crippen LogP) is 3.05. The van der Waals surface area contributed by atoms with Crippen molar-refractivity contribution in [1.82, 2.24) is 5.32 Å². The Balaban J connectivity index is 2.07. The van der Waals surface area contributed by atoms with E-state index in [1.165, 1.54) is 5.56 Å². The van der Waals surface area contributed by atoms with Crippen LogP contribution < -0.4 is 10.2 Å². The molecule has 0 radical (unpaired) electrons. The molecule has 1 saturated carbocycles. The van der Waals surface area contributed by atoms with E-state index in [0.717, 1.165) is 36.6 Å². The maximum atomic E-state index is 9.40. The maximum Gasteiger partial charge on any atom is 0.0642 e. The molecule has 0 aliphatic heterocycles. The van der Waals surface area contributed by atoms with Crippen molar-refractivity contribution < 1.29 is 5.11 Å². The fourth-order valence-electron chi connectivity index (χ4n) is 2.77. The molecule has 0 unspecified atom stereocenters. The van der Waals surface area contributed by atoms with Gasteiger partial charge in [-0.05, 0) is 30.4 Å². The third-order valence-corrected chi connectivity index (χ3v) is 4.20. The van der Waals surface area contributed by atoms with Crippen LogP contribution in [0, 0.1) is 5.92 Å². The number of nitrogens with zero attached hydrogens (tertiary/aromatic N) is 1. The first kappa shape index (κ1) is 15.6. The molecule has 1 fully saturated rings. The normalized spacial score (nSPS) is 21.9. The average Bonchev–Trinajstić information content (AvgIpc) is 2.34. The van der Waals surface area contributed by atoms with Gasteiger partial charge in [-0.1, -0.05) is 37.6 Å². The zero-order chi connectivity index (χ0) is 14.7. The number of aliphatic hydroxyl groups is 1. The highest BCUT2D eigenvalue weighted by molar-refractivity contribution is 6.33. The Bertz CT molecular complexity index is 444. The molecule has 0 spiro atoms. The summed E-state index contributed by atoms with van der Waals surface area (Å²) in [5.41, 5.74) is 2.34. The molecular formula is C16H25ClN2O. The van der Waals surface area contributed by atoms with Crippen LogP contribution in [0.15, 0.2) is 18.2 Å². The van der Waals surface area contributed by atoms with Crippen LogP contribution in [-0.4, -0.2) is 30.8 Å². The van der Waals surface area contributed by atoms with Gasteiger partial charge in [0.15, 0.2) is 0 Å². The van der Waals surface area contributed by atoms with Crippen molar-refractivity contribution in [3.63, 3.8) is 0 Å². The fourth-order valence-corrected chi connectivity index (χ4v) is 3.11. The quantitative estimate of drug-likeness (QED) is 0.847. The second-order valence-corrected chi connectivity index (χ2v) is 6.56. The second kappa shape index (κ2) is 6.79. The molecule has 2 rings (SSSR count). The first-order valence-electron chi connectivity index (χ1n) is 7.37. The van der Waals surface area contributed by atoms with Crippen molar-refractivity contribution in [2.75, 3.05) is 18.5 Å². The van der Waals surface area contributed by atoms with Crippen molar-refractivity contribution in [1.29, 1.82) is 0 Å². The molecule has 0 amide bonds. The summed E-state index contributed by atoms with van der Waals surface area (Å²) in [6.45, 7) is 6.06. The zero-order valence-electron chi connectivity index (χ0n) is 12.6. The first-order chi connectivity index (χ1) is 9.47. The number of benzene rings is 1. The minimum Gasteiger partial charge on any atom is -0.393 e. The molecule has 112 valence electrons. The van der Waals surface area contributed by atoms with Gasteiger partial charge >= 0.3 is 0 Å². The van der Waals surface area contributed by atoms with Crippen LogP contribution >= 0.6 is 11.6 Å². The highest BCUT2D eigenvalue weighted by Crippen LogP contribution is 2.33. The Hall–Kier alpha value is -0.770.